The molecule has 0 spiro atoms. The highest BCUT2D eigenvalue weighted by Crippen LogP contribution is 2.15. The fraction of sp³-hybridized carbons (Fsp3) is 0.0833. The molecule has 3 aromatic rings. The van der Waals surface area contributed by atoms with Gasteiger partial charge in [-0.1, -0.05) is 54.6 Å². The Balaban J connectivity index is 1.59. The second-order valence-electron chi connectivity index (χ2n) is 7.04. The molecule has 0 atom stereocenters. The van der Waals surface area contributed by atoms with Gasteiger partial charge in [0.05, 0.1) is 0 Å². The molecule has 164 valence electrons. The van der Waals surface area contributed by atoms with Crippen LogP contribution in [0.3, 0.4) is 0 Å². The summed E-state index contributed by atoms with van der Waals surface area (Å²) < 4.78 is 0. The van der Waals surface area contributed by atoms with E-state index in [-0.39, 0.29) is 17.8 Å². The zero-order chi connectivity index (χ0) is 23.0. The van der Waals surface area contributed by atoms with Crippen molar-refractivity contribution in [1.29, 1.82) is 0 Å². The number of carbonyl (C=O) groups excluding carboxylic acids is 3. The van der Waals surface area contributed by atoms with Gasteiger partial charge < -0.3 is 0 Å². The summed E-state index contributed by atoms with van der Waals surface area (Å²) in [5.41, 5.74) is 1.28. The van der Waals surface area contributed by atoms with E-state index < -0.39 is 17.7 Å². The zero-order valence-corrected chi connectivity index (χ0v) is 17.5. The highest BCUT2D eigenvalue weighted by atomic mass is 16.2. The molecule has 9 heteroatoms. The van der Waals surface area contributed by atoms with Crippen molar-refractivity contribution >= 4 is 35.6 Å². The number of aromatic nitrogens is 3. The number of anilines is 3. The Hall–Kier alpha value is -4.66. The fourth-order valence-corrected chi connectivity index (χ4v) is 3.03. The predicted molar refractivity (Wildman–Crippen MR) is 124 cm³/mol. The maximum atomic E-state index is 12.6. The Kier molecular flexibility index (Phi) is 6.60. The number of carbonyl (C=O) groups is 3. The lowest BCUT2D eigenvalue weighted by Gasteiger charge is -2.11. The number of benzene rings is 2. The number of nitrogens with zero attached hydrogens (tertiary/aromatic N) is 3. The topological polar surface area (TPSA) is 126 Å². The monoisotopic (exact) mass is 440 g/mol. The average molecular weight is 440 g/mol. The van der Waals surface area contributed by atoms with E-state index >= 15 is 0 Å². The molecular formula is C24H20N6O3. The number of hydrogen-bond acceptors (Lipinski definition) is 6. The summed E-state index contributed by atoms with van der Waals surface area (Å²) in [6, 6.07) is 17.0. The molecule has 0 fully saturated rings. The molecule has 0 aliphatic heterocycles. The van der Waals surface area contributed by atoms with Crippen LogP contribution in [0, 0.1) is 0 Å². The van der Waals surface area contributed by atoms with Gasteiger partial charge in [0.2, 0.25) is 17.8 Å². The molecule has 1 aliphatic carbocycles. The van der Waals surface area contributed by atoms with Crippen molar-refractivity contribution in [1.82, 2.24) is 15.0 Å². The molecule has 33 heavy (non-hydrogen) atoms. The first-order chi connectivity index (χ1) is 16.1. The minimum absolute atomic E-state index is 0.110. The number of allylic oxidation sites excluding steroid dienone is 2. The first-order valence-electron chi connectivity index (χ1n) is 10.3. The fourth-order valence-electron chi connectivity index (χ4n) is 3.03. The van der Waals surface area contributed by atoms with Crippen LogP contribution in [-0.2, 0) is 4.79 Å². The van der Waals surface area contributed by atoms with Crippen molar-refractivity contribution in [3.63, 3.8) is 0 Å². The van der Waals surface area contributed by atoms with E-state index in [0.29, 0.717) is 16.7 Å². The van der Waals surface area contributed by atoms with Crippen LogP contribution in [-0.4, -0.2) is 32.7 Å². The SMILES string of the molecule is O=C(Nc1nc(NC(=O)c2ccccc2)nc(NC(=O)c2ccccc2)n1)C1=CCCC=C1. The molecule has 0 saturated heterocycles. The van der Waals surface area contributed by atoms with E-state index in [2.05, 4.69) is 30.9 Å². The quantitative estimate of drug-likeness (QED) is 0.538. The molecule has 1 aliphatic rings. The van der Waals surface area contributed by atoms with Gasteiger partial charge in [0.25, 0.3) is 17.7 Å². The van der Waals surface area contributed by atoms with Crippen LogP contribution in [0.4, 0.5) is 17.8 Å². The molecule has 3 N–H and O–H groups in total. The van der Waals surface area contributed by atoms with Crippen LogP contribution in [0.15, 0.2) is 84.5 Å². The Morgan fingerprint density at radius 3 is 1.48 bits per heavy atom. The van der Waals surface area contributed by atoms with Crippen LogP contribution >= 0.6 is 0 Å². The van der Waals surface area contributed by atoms with Crippen LogP contribution in [0.5, 0.6) is 0 Å². The molecule has 0 radical (unpaired) electrons. The predicted octanol–water partition coefficient (Wildman–Crippen LogP) is 3.59. The molecule has 4 rings (SSSR count). The number of hydrogen-bond donors (Lipinski definition) is 3. The molecule has 3 amide bonds. The summed E-state index contributed by atoms with van der Waals surface area (Å²) in [4.78, 5) is 50.0. The van der Waals surface area contributed by atoms with Gasteiger partial charge in [-0.05, 0) is 37.1 Å². The number of rotatable bonds is 6. The molecule has 0 bridgehead atoms. The van der Waals surface area contributed by atoms with Crippen molar-refractivity contribution < 1.29 is 14.4 Å². The van der Waals surface area contributed by atoms with Crippen molar-refractivity contribution in [3.8, 4) is 0 Å². The van der Waals surface area contributed by atoms with Gasteiger partial charge >= 0.3 is 0 Å². The van der Waals surface area contributed by atoms with Gasteiger partial charge in [-0.2, -0.15) is 15.0 Å². The zero-order valence-electron chi connectivity index (χ0n) is 17.5. The van der Waals surface area contributed by atoms with Crippen molar-refractivity contribution in [2.45, 2.75) is 12.8 Å². The summed E-state index contributed by atoms with van der Waals surface area (Å²) in [7, 11) is 0. The molecular weight excluding hydrogens is 420 g/mol. The third-order valence-corrected chi connectivity index (χ3v) is 4.64. The number of amides is 3. The van der Waals surface area contributed by atoms with Crippen molar-refractivity contribution in [2.24, 2.45) is 0 Å². The van der Waals surface area contributed by atoms with Crippen molar-refractivity contribution in [3.05, 3.63) is 95.6 Å². The molecule has 1 aromatic heterocycles. The Bertz CT molecular complexity index is 1170. The first-order valence-corrected chi connectivity index (χ1v) is 10.3. The van der Waals surface area contributed by atoms with Gasteiger partial charge in [-0.25, -0.2) is 0 Å². The highest BCUT2D eigenvalue weighted by Gasteiger charge is 2.16. The molecule has 1 heterocycles. The second kappa shape index (κ2) is 10.1. The standard InChI is InChI=1S/C24H20N6O3/c31-19(16-10-4-1-5-11-16)25-22-28-23(26-20(32)17-12-6-2-7-13-17)30-24(29-22)27-21(33)18-14-8-3-9-15-18/h1-2,4-8,10-15H,3,9H2,(H3,25,26,27,28,29,30,31,32,33). The lowest BCUT2D eigenvalue weighted by Crippen LogP contribution is -2.21. The van der Waals surface area contributed by atoms with Crippen LogP contribution < -0.4 is 16.0 Å². The number of nitrogens with one attached hydrogen (secondary N) is 3. The lowest BCUT2D eigenvalue weighted by atomic mass is 10.1. The van der Waals surface area contributed by atoms with E-state index in [4.69, 9.17) is 0 Å². The maximum Gasteiger partial charge on any atom is 0.258 e. The van der Waals surface area contributed by atoms with Gasteiger partial charge in [0.1, 0.15) is 0 Å². The van der Waals surface area contributed by atoms with E-state index in [1.807, 2.05) is 12.2 Å². The maximum absolute atomic E-state index is 12.6. The Morgan fingerprint density at radius 1 is 0.606 bits per heavy atom. The Morgan fingerprint density at radius 2 is 1.06 bits per heavy atom. The summed E-state index contributed by atoms with van der Waals surface area (Å²) in [5.74, 6) is -1.65. The van der Waals surface area contributed by atoms with Gasteiger partial charge in [-0.15, -0.1) is 0 Å². The molecule has 9 nitrogen and oxygen atoms in total. The molecule has 2 aromatic carbocycles. The third kappa shape index (κ3) is 5.73. The second-order valence-corrected chi connectivity index (χ2v) is 7.04. The largest absolute Gasteiger partial charge is 0.290 e. The smallest absolute Gasteiger partial charge is 0.258 e. The van der Waals surface area contributed by atoms with Crippen molar-refractivity contribution in [2.75, 3.05) is 16.0 Å². The summed E-state index contributed by atoms with van der Waals surface area (Å²) in [5, 5.41) is 7.74. The summed E-state index contributed by atoms with van der Waals surface area (Å²) in [6.45, 7) is 0. The minimum Gasteiger partial charge on any atom is -0.290 e. The van der Waals surface area contributed by atoms with Gasteiger partial charge in [-0.3, -0.25) is 30.3 Å². The van der Waals surface area contributed by atoms with E-state index in [1.54, 1.807) is 66.7 Å². The summed E-state index contributed by atoms with van der Waals surface area (Å²) in [6.07, 6.45) is 7.06. The van der Waals surface area contributed by atoms with E-state index in [1.165, 1.54) is 0 Å². The van der Waals surface area contributed by atoms with Crippen LogP contribution in [0.2, 0.25) is 0 Å². The van der Waals surface area contributed by atoms with Gasteiger partial charge in [0.15, 0.2) is 0 Å². The lowest BCUT2D eigenvalue weighted by molar-refractivity contribution is -0.112. The average Bonchev–Trinajstić information content (AvgIpc) is 2.85. The van der Waals surface area contributed by atoms with Crippen LogP contribution in [0.1, 0.15) is 33.6 Å². The minimum atomic E-state index is -0.447. The van der Waals surface area contributed by atoms with Gasteiger partial charge in [0, 0.05) is 16.7 Å². The third-order valence-electron chi connectivity index (χ3n) is 4.64. The highest BCUT2D eigenvalue weighted by molar-refractivity contribution is 6.06. The molecule has 0 unspecified atom stereocenters. The van der Waals surface area contributed by atoms with E-state index in [9.17, 15) is 14.4 Å². The summed E-state index contributed by atoms with van der Waals surface area (Å²) >= 11 is 0. The van der Waals surface area contributed by atoms with Crippen LogP contribution in [0.25, 0.3) is 0 Å². The molecule has 0 saturated carbocycles. The first kappa shape index (κ1) is 21.6. The Labute approximate surface area is 189 Å². The normalized spacial score (nSPS) is 12.4. The van der Waals surface area contributed by atoms with E-state index in [0.717, 1.165) is 12.8 Å².